The summed E-state index contributed by atoms with van der Waals surface area (Å²) in [5, 5.41) is 1.29. The van der Waals surface area contributed by atoms with Crippen LogP contribution >= 0.6 is 23.2 Å². The maximum atomic E-state index is 11.7. The van der Waals surface area contributed by atoms with Gasteiger partial charge >= 0.3 is 5.97 Å². The van der Waals surface area contributed by atoms with Gasteiger partial charge in [0.15, 0.2) is 0 Å². The lowest BCUT2D eigenvalue weighted by molar-refractivity contribution is -0.134. The van der Waals surface area contributed by atoms with Gasteiger partial charge in [0, 0.05) is 16.5 Å². The predicted molar refractivity (Wildman–Crippen MR) is 92.7 cm³/mol. The van der Waals surface area contributed by atoms with E-state index in [9.17, 15) is 4.79 Å². The molecule has 0 heterocycles. The summed E-state index contributed by atoms with van der Waals surface area (Å²) in [5.41, 5.74) is 1.95. The van der Waals surface area contributed by atoms with Gasteiger partial charge in [0.05, 0.1) is 6.61 Å². The smallest absolute Gasteiger partial charge is 0.311 e. The molecular formula is C18H18Cl2O3. The van der Waals surface area contributed by atoms with Crippen molar-refractivity contribution in [3.05, 3.63) is 57.6 Å². The van der Waals surface area contributed by atoms with Gasteiger partial charge in [-0.25, -0.2) is 0 Å². The van der Waals surface area contributed by atoms with Crippen LogP contribution in [0.2, 0.25) is 10.0 Å². The molecule has 5 heteroatoms. The van der Waals surface area contributed by atoms with Crippen LogP contribution in [-0.4, -0.2) is 12.6 Å². The van der Waals surface area contributed by atoms with E-state index in [4.69, 9.17) is 32.7 Å². The van der Waals surface area contributed by atoms with Crippen LogP contribution in [0.1, 0.15) is 24.0 Å². The van der Waals surface area contributed by atoms with Gasteiger partial charge in [-0.05, 0) is 61.7 Å². The van der Waals surface area contributed by atoms with Crippen molar-refractivity contribution in [1.29, 1.82) is 0 Å². The van der Waals surface area contributed by atoms with Crippen LogP contribution in [-0.2, 0) is 4.79 Å². The highest BCUT2D eigenvalue weighted by molar-refractivity contribution is 6.32. The van der Waals surface area contributed by atoms with Gasteiger partial charge in [-0.3, -0.25) is 4.79 Å². The first-order valence-corrected chi connectivity index (χ1v) is 8.07. The number of carbonyl (C=O) groups is 1. The number of aryl methyl sites for hydroxylation is 2. The zero-order chi connectivity index (χ0) is 16.8. The molecule has 0 fully saturated rings. The molecule has 122 valence electrons. The third-order valence-electron chi connectivity index (χ3n) is 3.23. The third-order valence-corrected chi connectivity index (χ3v) is 4.06. The molecule has 23 heavy (non-hydrogen) atoms. The average molecular weight is 353 g/mol. The zero-order valence-corrected chi connectivity index (χ0v) is 14.6. The van der Waals surface area contributed by atoms with Crippen molar-refractivity contribution < 1.29 is 14.3 Å². The van der Waals surface area contributed by atoms with Crippen LogP contribution in [0.15, 0.2) is 36.4 Å². The molecule has 0 N–H and O–H groups in total. The molecule has 0 spiro atoms. The normalized spacial score (nSPS) is 10.4. The predicted octanol–water partition coefficient (Wildman–Crippen LogP) is 5.37. The van der Waals surface area contributed by atoms with Gasteiger partial charge in [-0.1, -0.05) is 29.3 Å². The van der Waals surface area contributed by atoms with E-state index in [2.05, 4.69) is 0 Å². The molecule has 0 aliphatic heterocycles. The minimum atomic E-state index is -0.306. The molecule has 0 unspecified atom stereocenters. The molecule has 2 aromatic rings. The SMILES string of the molecule is Cc1cc(OCCCC(=O)Oc2cccc(Cl)c2)cc(C)c1Cl. The van der Waals surface area contributed by atoms with Gasteiger partial charge in [0.1, 0.15) is 11.5 Å². The number of hydrogen-bond donors (Lipinski definition) is 0. The number of ether oxygens (including phenoxy) is 2. The molecule has 0 aliphatic rings. The Morgan fingerprint density at radius 2 is 1.74 bits per heavy atom. The van der Waals surface area contributed by atoms with Crippen molar-refractivity contribution in [2.45, 2.75) is 26.7 Å². The van der Waals surface area contributed by atoms with Crippen LogP contribution in [0.3, 0.4) is 0 Å². The van der Waals surface area contributed by atoms with E-state index in [0.29, 0.717) is 23.8 Å². The van der Waals surface area contributed by atoms with Crippen molar-refractivity contribution >= 4 is 29.2 Å². The lowest BCUT2D eigenvalue weighted by Crippen LogP contribution is -2.10. The van der Waals surface area contributed by atoms with E-state index in [0.717, 1.165) is 21.9 Å². The summed E-state index contributed by atoms with van der Waals surface area (Å²) in [4.78, 5) is 11.7. The number of rotatable bonds is 6. The Morgan fingerprint density at radius 3 is 2.39 bits per heavy atom. The fourth-order valence-corrected chi connectivity index (χ4v) is 2.40. The Balaban J connectivity index is 1.76. The quantitative estimate of drug-likeness (QED) is 0.398. The highest BCUT2D eigenvalue weighted by Crippen LogP contribution is 2.26. The molecule has 0 saturated heterocycles. The van der Waals surface area contributed by atoms with Crippen molar-refractivity contribution in [2.24, 2.45) is 0 Å². The maximum Gasteiger partial charge on any atom is 0.311 e. The van der Waals surface area contributed by atoms with E-state index >= 15 is 0 Å². The Hall–Kier alpha value is -1.71. The van der Waals surface area contributed by atoms with Crippen molar-refractivity contribution in [3.63, 3.8) is 0 Å². The van der Waals surface area contributed by atoms with Gasteiger partial charge in [-0.15, -0.1) is 0 Å². The number of hydrogen-bond acceptors (Lipinski definition) is 3. The maximum absolute atomic E-state index is 11.7. The van der Waals surface area contributed by atoms with E-state index in [1.165, 1.54) is 0 Å². The minimum Gasteiger partial charge on any atom is -0.494 e. The van der Waals surface area contributed by atoms with Crippen LogP contribution in [0.4, 0.5) is 0 Å². The molecule has 0 atom stereocenters. The summed E-state index contributed by atoms with van der Waals surface area (Å²) in [6, 6.07) is 10.5. The first-order chi connectivity index (χ1) is 11.0. The topological polar surface area (TPSA) is 35.5 Å². The molecule has 0 aliphatic carbocycles. The molecule has 0 amide bonds. The van der Waals surface area contributed by atoms with Gasteiger partial charge in [0.25, 0.3) is 0 Å². The fourth-order valence-electron chi connectivity index (χ4n) is 2.11. The first-order valence-electron chi connectivity index (χ1n) is 7.31. The lowest BCUT2D eigenvalue weighted by atomic mass is 10.1. The van der Waals surface area contributed by atoms with E-state index in [-0.39, 0.29) is 12.4 Å². The Morgan fingerprint density at radius 1 is 1.04 bits per heavy atom. The number of benzene rings is 2. The summed E-state index contributed by atoms with van der Waals surface area (Å²) in [6.45, 7) is 4.31. The summed E-state index contributed by atoms with van der Waals surface area (Å²) >= 11 is 12.0. The van der Waals surface area contributed by atoms with Crippen molar-refractivity contribution in [1.82, 2.24) is 0 Å². The number of esters is 1. The molecule has 2 aromatic carbocycles. The first kappa shape index (κ1) is 17.6. The minimum absolute atomic E-state index is 0.276. The molecule has 0 aromatic heterocycles. The lowest BCUT2D eigenvalue weighted by Gasteiger charge is -2.10. The van der Waals surface area contributed by atoms with E-state index < -0.39 is 0 Å². The second kappa shape index (κ2) is 8.23. The summed E-state index contributed by atoms with van der Waals surface area (Å²) in [7, 11) is 0. The monoisotopic (exact) mass is 352 g/mol. The molecular weight excluding hydrogens is 335 g/mol. The van der Waals surface area contributed by atoms with Crippen LogP contribution in [0, 0.1) is 13.8 Å². The summed E-state index contributed by atoms with van der Waals surface area (Å²) < 4.78 is 10.9. The fraction of sp³-hybridized carbons (Fsp3) is 0.278. The molecule has 0 saturated carbocycles. The molecule has 3 nitrogen and oxygen atoms in total. The van der Waals surface area contributed by atoms with Crippen molar-refractivity contribution in [3.8, 4) is 11.5 Å². The Bertz CT molecular complexity index is 675. The zero-order valence-electron chi connectivity index (χ0n) is 13.1. The van der Waals surface area contributed by atoms with Crippen LogP contribution in [0.5, 0.6) is 11.5 Å². The van der Waals surface area contributed by atoms with Gasteiger partial charge in [-0.2, -0.15) is 0 Å². The van der Waals surface area contributed by atoms with E-state index in [1.54, 1.807) is 24.3 Å². The molecule has 2 rings (SSSR count). The Labute approximate surface area is 146 Å². The average Bonchev–Trinajstić information content (AvgIpc) is 2.49. The molecule has 0 radical (unpaired) electrons. The molecule has 0 bridgehead atoms. The standard InChI is InChI=1S/C18H18Cl2O3/c1-12-9-16(10-13(2)18(12)20)22-8-4-7-17(21)23-15-6-3-5-14(19)11-15/h3,5-6,9-11H,4,7-8H2,1-2H3. The summed E-state index contributed by atoms with van der Waals surface area (Å²) in [6.07, 6.45) is 0.845. The van der Waals surface area contributed by atoms with E-state index in [1.807, 2.05) is 26.0 Å². The van der Waals surface area contributed by atoms with Crippen LogP contribution in [0.25, 0.3) is 0 Å². The second-order valence-electron chi connectivity index (χ2n) is 5.25. The highest BCUT2D eigenvalue weighted by Gasteiger charge is 2.07. The van der Waals surface area contributed by atoms with Gasteiger partial charge in [0.2, 0.25) is 0 Å². The van der Waals surface area contributed by atoms with Crippen molar-refractivity contribution in [2.75, 3.05) is 6.61 Å². The Kier molecular flexibility index (Phi) is 6.31. The third kappa shape index (κ3) is 5.45. The summed E-state index contributed by atoms with van der Waals surface area (Å²) in [5.74, 6) is 0.902. The highest BCUT2D eigenvalue weighted by atomic mass is 35.5. The number of carbonyl (C=O) groups excluding carboxylic acids is 1. The number of halogens is 2. The van der Waals surface area contributed by atoms with Gasteiger partial charge < -0.3 is 9.47 Å². The van der Waals surface area contributed by atoms with Crippen LogP contribution < -0.4 is 9.47 Å². The second-order valence-corrected chi connectivity index (χ2v) is 6.07. The largest absolute Gasteiger partial charge is 0.494 e.